The highest BCUT2D eigenvalue weighted by atomic mass is 32.1. The Morgan fingerprint density at radius 2 is 1.88 bits per heavy atom. The highest BCUT2D eigenvalue weighted by Crippen LogP contribution is 2.29. The van der Waals surface area contributed by atoms with Gasteiger partial charge >= 0.3 is 6.03 Å². The van der Waals surface area contributed by atoms with E-state index in [1.54, 1.807) is 23.2 Å². The number of rotatable bonds is 4. The number of carbonyl (C=O) groups is 2. The minimum absolute atomic E-state index is 0.194. The smallest absolute Gasteiger partial charge is 0.282 e. The van der Waals surface area contributed by atoms with Crippen LogP contribution in [0.25, 0.3) is 10.6 Å². The van der Waals surface area contributed by atoms with Gasteiger partial charge in [0, 0.05) is 22.0 Å². The van der Waals surface area contributed by atoms with Crippen molar-refractivity contribution in [1.29, 1.82) is 0 Å². The van der Waals surface area contributed by atoms with Crippen molar-refractivity contribution in [2.45, 2.75) is 26.4 Å². The van der Waals surface area contributed by atoms with Gasteiger partial charge in [-0.3, -0.25) is 14.6 Å². The summed E-state index contributed by atoms with van der Waals surface area (Å²) < 4.78 is 0. The van der Waals surface area contributed by atoms with Gasteiger partial charge in [0.05, 0.1) is 12.2 Å². The van der Waals surface area contributed by atoms with Crippen molar-refractivity contribution in [3.05, 3.63) is 57.7 Å². The van der Waals surface area contributed by atoms with Crippen molar-refractivity contribution in [3.8, 4) is 10.6 Å². The zero-order chi connectivity index (χ0) is 18.3. The van der Waals surface area contributed by atoms with Gasteiger partial charge in [0.15, 0.2) is 0 Å². The average Bonchev–Trinajstić information content (AvgIpc) is 3.35. The standard InChI is InChI=1S/C19H17N3O2S2/c1-12-3-5-16(6-4-12)22-13(2)18(23)21(19(22)24)9-15-11-26-17(20-15)14-7-8-25-10-14/h3-8,10-11,13H,9H2,1-2H3/t13-/m0/s1. The first-order valence-electron chi connectivity index (χ1n) is 8.23. The minimum atomic E-state index is -0.514. The number of carbonyl (C=O) groups excluding carboxylic acids is 2. The number of thiazole rings is 1. The molecule has 1 aliphatic rings. The van der Waals surface area contributed by atoms with Gasteiger partial charge in [-0.15, -0.1) is 11.3 Å². The van der Waals surface area contributed by atoms with Crippen LogP contribution in [0.3, 0.4) is 0 Å². The van der Waals surface area contributed by atoms with Crippen molar-refractivity contribution >= 4 is 40.3 Å². The molecule has 3 heterocycles. The Balaban J connectivity index is 1.56. The number of hydrogen-bond donors (Lipinski definition) is 0. The Labute approximate surface area is 159 Å². The van der Waals surface area contributed by atoms with E-state index in [-0.39, 0.29) is 18.5 Å². The summed E-state index contributed by atoms with van der Waals surface area (Å²) in [6, 6.07) is 8.83. The lowest BCUT2D eigenvalue weighted by atomic mass is 10.2. The Morgan fingerprint density at radius 3 is 2.58 bits per heavy atom. The van der Waals surface area contributed by atoms with Gasteiger partial charge in [0.25, 0.3) is 5.91 Å². The highest BCUT2D eigenvalue weighted by molar-refractivity contribution is 7.14. The number of aromatic nitrogens is 1. The average molecular weight is 383 g/mol. The number of imide groups is 1. The van der Waals surface area contributed by atoms with Crippen LogP contribution < -0.4 is 4.90 Å². The largest absolute Gasteiger partial charge is 0.332 e. The van der Waals surface area contributed by atoms with Gasteiger partial charge in [-0.25, -0.2) is 9.78 Å². The molecule has 0 radical (unpaired) electrons. The molecule has 2 aromatic heterocycles. The monoisotopic (exact) mass is 383 g/mol. The molecule has 1 fully saturated rings. The van der Waals surface area contributed by atoms with E-state index in [2.05, 4.69) is 4.98 Å². The molecule has 0 unspecified atom stereocenters. The van der Waals surface area contributed by atoms with Gasteiger partial charge in [0.1, 0.15) is 11.0 Å². The summed E-state index contributed by atoms with van der Waals surface area (Å²) in [7, 11) is 0. The van der Waals surface area contributed by atoms with Crippen molar-refractivity contribution < 1.29 is 9.59 Å². The molecular weight excluding hydrogens is 366 g/mol. The molecule has 1 aromatic carbocycles. The van der Waals surface area contributed by atoms with Gasteiger partial charge in [-0.1, -0.05) is 17.7 Å². The van der Waals surface area contributed by atoms with Crippen LogP contribution in [0.4, 0.5) is 10.5 Å². The van der Waals surface area contributed by atoms with Crippen LogP contribution in [-0.2, 0) is 11.3 Å². The van der Waals surface area contributed by atoms with E-state index in [4.69, 9.17) is 0 Å². The highest BCUT2D eigenvalue weighted by Gasteiger charge is 2.43. The Kier molecular flexibility index (Phi) is 4.34. The molecule has 0 aliphatic carbocycles. The zero-order valence-electron chi connectivity index (χ0n) is 14.4. The quantitative estimate of drug-likeness (QED) is 0.622. The maximum atomic E-state index is 12.9. The van der Waals surface area contributed by atoms with Crippen LogP contribution in [0.15, 0.2) is 46.5 Å². The van der Waals surface area contributed by atoms with Crippen molar-refractivity contribution in [2.75, 3.05) is 4.90 Å². The van der Waals surface area contributed by atoms with E-state index in [9.17, 15) is 9.59 Å². The predicted molar refractivity (Wildman–Crippen MR) is 104 cm³/mol. The third kappa shape index (κ3) is 2.93. The minimum Gasteiger partial charge on any atom is -0.282 e. The van der Waals surface area contributed by atoms with Crippen molar-refractivity contribution in [3.63, 3.8) is 0 Å². The van der Waals surface area contributed by atoms with Crippen LogP contribution in [0.2, 0.25) is 0 Å². The summed E-state index contributed by atoms with van der Waals surface area (Å²) in [6.45, 7) is 3.95. The number of nitrogens with zero attached hydrogens (tertiary/aromatic N) is 3. The van der Waals surface area contributed by atoms with E-state index in [0.29, 0.717) is 0 Å². The van der Waals surface area contributed by atoms with E-state index in [1.807, 2.05) is 53.4 Å². The molecule has 1 atom stereocenters. The van der Waals surface area contributed by atoms with E-state index in [1.165, 1.54) is 16.2 Å². The first kappa shape index (κ1) is 16.9. The first-order valence-corrected chi connectivity index (χ1v) is 10.0. The fourth-order valence-electron chi connectivity index (χ4n) is 2.97. The van der Waals surface area contributed by atoms with Crippen LogP contribution in [0, 0.1) is 6.92 Å². The van der Waals surface area contributed by atoms with Crippen molar-refractivity contribution in [1.82, 2.24) is 9.88 Å². The van der Waals surface area contributed by atoms with Crippen LogP contribution in [0.5, 0.6) is 0 Å². The third-order valence-corrected chi connectivity index (χ3v) is 6.02. The second-order valence-corrected chi connectivity index (χ2v) is 7.88. The van der Waals surface area contributed by atoms with Crippen molar-refractivity contribution in [2.24, 2.45) is 0 Å². The Bertz CT molecular complexity index is 948. The molecular formula is C19H17N3O2S2. The fraction of sp³-hybridized carbons (Fsp3) is 0.211. The number of thiophene rings is 1. The zero-order valence-corrected chi connectivity index (χ0v) is 16.0. The topological polar surface area (TPSA) is 53.5 Å². The molecule has 0 N–H and O–H groups in total. The molecule has 0 bridgehead atoms. The maximum absolute atomic E-state index is 12.9. The lowest BCUT2D eigenvalue weighted by Gasteiger charge is -2.19. The SMILES string of the molecule is Cc1ccc(N2C(=O)N(Cc3csc(-c4ccsc4)n3)C(=O)[C@@H]2C)cc1. The Hall–Kier alpha value is -2.51. The number of anilines is 1. The van der Waals surface area contributed by atoms with Crippen LogP contribution in [-0.4, -0.2) is 27.9 Å². The lowest BCUT2D eigenvalue weighted by Crippen LogP contribution is -2.33. The van der Waals surface area contributed by atoms with Gasteiger partial charge in [0.2, 0.25) is 0 Å². The molecule has 26 heavy (non-hydrogen) atoms. The molecule has 3 aromatic rings. The molecule has 7 heteroatoms. The fourth-order valence-corrected chi connectivity index (χ4v) is 4.49. The van der Waals surface area contributed by atoms with E-state index in [0.717, 1.165) is 27.5 Å². The number of urea groups is 1. The molecule has 0 saturated carbocycles. The molecule has 1 aliphatic heterocycles. The summed E-state index contributed by atoms with van der Waals surface area (Å²) in [5.74, 6) is -0.194. The van der Waals surface area contributed by atoms with E-state index >= 15 is 0 Å². The predicted octanol–water partition coefficient (Wildman–Crippen LogP) is 4.54. The van der Waals surface area contributed by atoms with Crippen LogP contribution >= 0.6 is 22.7 Å². The molecule has 0 spiro atoms. The third-order valence-electron chi connectivity index (χ3n) is 4.40. The summed E-state index contributed by atoms with van der Waals surface area (Å²) in [5.41, 5.74) is 3.65. The second-order valence-electron chi connectivity index (χ2n) is 6.24. The summed E-state index contributed by atoms with van der Waals surface area (Å²) in [5, 5.41) is 6.86. The maximum Gasteiger partial charge on any atom is 0.332 e. The molecule has 4 rings (SSSR count). The second kappa shape index (κ2) is 6.66. The van der Waals surface area contributed by atoms with Gasteiger partial charge in [-0.05, 0) is 37.4 Å². The number of aryl methyl sites for hydroxylation is 1. The Morgan fingerprint density at radius 1 is 1.12 bits per heavy atom. The lowest BCUT2D eigenvalue weighted by molar-refractivity contribution is -0.127. The molecule has 3 amide bonds. The molecule has 5 nitrogen and oxygen atoms in total. The normalized spacial score (nSPS) is 17.4. The summed E-state index contributed by atoms with van der Waals surface area (Å²) in [6.07, 6.45) is 0. The van der Waals surface area contributed by atoms with Crippen LogP contribution in [0.1, 0.15) is 18.2 Å². The first-order chi connectivity index (χ1) is 12.5. The van der Waals surface area contributed by atoms with Gasteiger partial charge in [-0.2, -0.15) is 11.3 Å². The molecule has 1 saturated heterocycles. The summed E-state index contributed by atoms with van der Waals surface area (Å²) >= 11 is 3.14. The number of benzene rings is 1. The molecule has 132 valence electrons. The number of hydrogen-bond acceptors (Lipinski definition) is 5. The van der Waals surface area contributed by atoms with Gasteiger partial charge < -0.3 is 0 Å². The number of amides is 3. The van der Waals surface area contributed by atoms with E-state index < -0.39 is 6.04 Å². The summed E-state index contributed by atoms with van der Waals surface area (Å²) in [4.78, 5) is 32.9.